The lowest BCUT2D eigenvalue weighted by Gasteiger charge is -2.30. The Morgan fingerprint density at radius 3 is 2.52 bits per heavy atom. The number of hydrogen-bond donors (Lipinski definition) is 2. The molecule has 0 aromatic rings. The van der Waals surface area contributed by atoms with Gasteiger partial charge in [0.05, 0.1) is 11.8 Å². The summed E-state index contributed by atoms with van der Waals surface area (Å²) in [6.45, 7) is 2.08. The lowest BCUT2D eigenvalue weighted by molar-refractivity contribution is -0.146. The first kappa shape index (κ1) is 16.7. The van der Waals surface area contributed by atoms with Crippen LogP contribution in [-0.2, 0) is 9.59 Å². The summed E-state index contributed by atoms with van der Waals surface area (Å²) in [7, 11) is 0. The molecule has 0 aromatic carbocycles. The lowest BCUT2D eigenvalue weighted by atomic mass is 9.92. The van der Waals surface area contributed by atoms with Crippen LogP contribution in [0.2, 0.25) is 0 Å². The van der Waals surface area contributed by atoms with Crippen molar-refractivity contribution < 1.29 is 14.7 Å². The van der Waals surface area contributed by atoms with Crippen LogP contribution in [0.4, 0.5) is 0 Å². The SMILES string of the molecule is CCC1C[C@H](C(=O)NC2CCCC(SC)C2)[C@H](C(=O)O)C1. The summed E-state index contributed by atoms with van der Waals surface area (Å²) in [5, 5.41) is 13.1. The molecule has 2 aliphatic rings. The molecule has 2 saturated carbocycles. The van der Waals surface area contributed by atoms with E-state index in [0.29, 0.717) is 17.6 Å². The first-order valence-corrected chi connectivity index (χ1v) is 9.39. The second kappa shape index (κ2) is 7.52. The quantitative estimate of drug-likeness (QED) is 0.819. The molecule has 2 N–H and O–H groups in total. The van der Waals surface area contributed by atoms with Crippen LogP contribution in [0.5, 0.6) is 0 Å². The molecule has 120 valence electrons. The van der Waals surface area contributed by atoms with Crippen LogP contribution < -0.4 is 5.32 Å². The van der Waals surface area contributed by atoms with Crippen LogP contribution in [0.3, 0.4) is 0 Å². The maximum atomic E-state index is 12.5. The van der Waals surface area contributed by atoms with Gasteiger partial charge in [-0.3, -0.25) is 9.59 Å². The molecule has 0 saturated heterocycles. The summed E-state index contributed by atoms with van der Waals surface area (Å²) in [4.78, 5) is 23.9. The van der Waals surface area contributed by atoms with Gasteiger partial charge < -0.3 is 10.4 Å². The average molecular weight is 313 g/mol. The van der Waals surface area contributed by atoms with E-state index in [9.17, 15) is 14.7 Å². The smallest absolute Gasteiger partial charge is 0.307 e. The monoisotopic (exact) mass is 313 g/mol. The van der Waals surface area contributed by atoms with Gasteiger partial charge in [-0.05, 0) is 44.3 Å². The summed E-state index contributed by atoms with van der Waals surface area (Å²) in [6, 6.07) is 0.235. The van der Waals surface area contributed by atoms with Crippen molar-refractivity contribution in [2.75, 3.05) is 6.26 Å². The van der Waals surface area contributed by atoms with E-state index in [1.54, 1.807) is 0 Å². The molecule has 0 spiro atoms. The first-order chi connectivity index (χ1) is 10.0. The number of carboxylic acid groups (broad SMARTS) is 1. The highest BCUT2D eigenvalue weighted by atomic mass is 32.2. The van der Waals surface area contributed by atoms with E-state index in [4.69, 9.17) is 0 Å². The topological polar surface area (TPSA) is 66.4 Å². The fourth-order valence-electron chi connectivity index (χ4n) is 3.84. The minimum atomic E-state index is -0.809. The van der Waals surface area contributed by atoms with Crippen molar-refractivity contribution in [3.05, 3.63) is 0 Å². The molecule has 0 radical (unpaired) electrons. The number of carboxylic acids is 1. The third-order valence-electron chi connectivity index (χ3n) is 5.20. The Labute approximate surface area is 131 Å². The minimum absolute atomic E-state index is 0.0231. The third kappa shape index (κ3) is 4.15. The van der Waals surface area contributed by atoms with Gasteiger partial charge in [0, 0.05) is 11.3 Å². The number of nitrogens with one attached hydrogen (secondary N) is 1. The molecular formula is C16H27NO3S. The Hall–Kier alpha value is -0.710. The highest BCUT2D eigenvalue weighted by molar-refractivity contribution is 7.99. The van der Waals surface area contributed by atoms with Gasteiger partial charge in [-0.25, -0.2) is 0 Å². The molecule has 4 nitrogen and oxygen atoms in total. The number of carbonyl (C=O) groups excluding carboxylic acids is 1. The van der Waals surface area contributed by atoms with E-state index >= 15 is 0 Å². The minimum Gasteiger partial charge on any atom is -0.481 e. The van der Waals surface area contributed by atoms with Gasteiger partial charge in [0.25, 0.3) is 0 Å². The number of amides is 1. The number of rotatable bonds is 5. The van der Waals surface area contributed by atoms with Crippen molar-refractivity contribution >= 4 is 23.6 Å². The molecule has 0 heterocycles. The number of thioether (sulfide) groups is 1. The Morgan fingerprint density at radius 2 is 1.90 bits per heavy atom. The molecule has 3 unspecified atom stereocenters. The maximum Gasteiger partial charge on any atom is 0.307 e. The van der Waals surface area contributed by atoms with E-state index < -0.39 is 11.9 Å². The normalized spacial score (nSPS) is 36.4. The van der Waals surface area contributed by atoms with Crippen molar-refractivity contribution in [3.8, 4) is 0 Å². The first-order valence-electron chi connectivity index (χ1n) is 8.11. The Bertz CT molecular complexity index is 388. The molecule has 5 atom stereocenters. The van der Waals surface area contributed by atoms with E-state index in [2.05, 4.69) is 18.5 Å². The summed E-state index contributed by atoms with van der Waals surface area (Å²) in [5.74, 6) is -1.27. The van der Waals surface area contributed by atoms with E-state index in [1.807, 2.05) is 11.8 Å². The predicted octanol–water partition coefficient (Wildman–Crippen LogP) is 2.91. The summed E-state index contributed by atoms with van der Waals surface area (Å²) in [5.41, 5.74) is 0. The van der Waals surface area contributed by atoms with Crippen LogP contribution in [0.1, 0.15) is 51.9 Å². The van der Waals surface area contributed by atoms with Gasteiger partial charge >= 0.3 is 5.97 Å². The molecule has 2 aliphatic carbocycles. The van der Waals surface area contributed by atoms with Crippen molar-refractivity contribution in [2.45, 2.75) is 63.2 Å². The van der Waals surface area contributed by atoms with Crippen LogP contribution in [-0.4, -0.2) is 34.5 Å². The Kier molecular flexibility index (Phi) is 5.97. The molecule has 1 amide bonds. The molecular weight excluding hydrogens is 286 g/mol. The lowest BCUT2D eigenvalue weighted by Crippen LogP contribution is -2.43. The third-order valence-corrected chi connectivity index (χ3v) is 6.29. The zero-order valence-corrected chi connectivity index (χ0v) is 13.8. The average Bonchev–Trinajstić information content (AvgIpc) is 2.92. The number of carbonyl (C=O) groups is 2. The second-order valence-electron chi connectivity index (χ2n) is 6.53. The van der Waals surface area contributed by atoms with Crippen LogP contribution in [0, 0.1) is 17.8 Å². The van der Waals surface area contributed by atoms with Crippen LogP contribution >= 0.6 is 11.8 Å². The van der Waals surface area contributed by atoms with E-state index in [-0.39, 0.29) is 17.9 Å². The molecule has 5 heteroatoms. The number of aliphatic carboxylic acids is 1. The van der Waals surface area contributed by atoms with Gasteiger partial charge in [0.2, 0.25) is 5.91 Å². The van der Waals surface area contributed by atoms with Gasteiger partial charge in [0.1, 0.15) is 0 Å². The second-order valence-corrected chi connectivity index (χ2v) is 7.66. The van der Waals surface area contributed by atoms with Crippen LogP contribution in [0.25, 0.3) is 0 Å². The molecule has 2 fully saturated rings. The summed E-state index contributed by atoms with van der Waals surface area (Å²) < 4.78 is 0. The molecule has 0 bridgehead atoms. The Morgan fingerprint density at radius 1 is 1.19 bits per heavy atom. The highest BCUT2D eigenvalue weighted by Crippen LogP contribution is 2.39. The van der Waals surface area contributed by atoms with Crippen molar-refractivity contribution in [1.29, 1.82) is 0 Å². The van der Waals surface area contributed by atoms with E-state index in [0.717, 1.165) is 32.1 Å². The largest absolute Gasteiger partial charge is 0.481 e. The molecule has 2 rings (SSSR count). The van der Waals surface area contributed by atoms with Gasteiger partial charge in [-0.15, -0.1) is 0 Å². The van der Waals surface area contributed by atoms with Crippen molar-refractivity contribution in [3.63, 3.8) is 0 Å². The predicted molar refractivity (Wildman–Crippen MR) is 85.3 cm³/mol. The van der Waals surface area contributed by atoms with Gasteiger partial charge in [-0.2, -0.15) is 11.8 Å². The van der Waals surface area contributed by atoms with Crippen molar-refractivity contribution in [2.24, 2.45) is 17.8 Å². The van der Waals surface area contributed by atoms with Gasteiger partial charge in [-0.1, -0.05) is 19.8 Å². The zero-order chi connectivity index (χ0) is 15.4. The zero-order valence-electron chi connectivity index (χ0n) is 13.0. The maximum absolute atomic E-state index is 12.5. The fraction of sp³-hybridized carbons (Fsp3) is 0.875. The standard InChI is InChI=1S/C16H27NO3S/c1-3-10-7-13(14(8-10)16(19)20)15(18)17-11-5-4-6-12(9-11)21-2/h10-14H,3-9H2,1-2H3,(H,17,18)(H,19,20)/t10?,11?,12?,13-,14+/m0/s1. The molecule has 21 heavy (non-hydrogen) atoms. The highest BCUT2D eigenvalue weighted by Gasteiger charge is 2.42. The molecule has 0 aliphatic heterocycles. The summed E-state index contributed by atoms with van der Waals surface area (Å²) in [6.07, 6.45) is 8.91. The van der Waals surface area contributed by atoms with Gasteiger partial charge in [0.15, 0.2) is 0 Å². The fourth-order valence-corrected chi connectivity index (χ4v) is 4.66. The number of hydrogen-bond acceptors (Lipinski definition) is 3. The van der Waals surface area contributed by atoms with Crippen LogP contribution in [0.15, 0.2) is 0 Å². The van der Waals surface area contributed by atoms with E-state index in [1.165, 1.54) is 6.42 Å². The Balaban J connectivity index is 1.93. The summed E-state index contributed by atoms with van der Waals surface area (Å²) >= 11 is 1.87. The molecule has 0 aromatic heterocycles. The van der Waals surface area contributed by atoms with Crippen molar-refractivity contribution in [1.82, 2.24) is 5.32 Å².